The molecule has 8 nitrogen and oxygen atoms in total. The first-order valence-corrected chi connectivity index (χ1v) is 15.1. The zero-order valence-corrected chi connectivity index (χ0v) is 26.5. The summed E-state index contributed by atoms with van der Waals surface area (Å²) in [6, 6.07) is 9.98. The number of carbonyl (C=O) groups excluding carboxylic acids is 2. The van der Waals surface area contributed by atoms with E-state index in [0.29, 0.717) is 66.5 Å². The van der Waals surface area contributed by atoms with E-state index in [9.17, 15) is 14.7 Å². The van der Waals surface area contributed by atoms with Crippen molar-refractivity contribution in [2.45, 2.75) is 60.9 Å². The van der Waals surface area contributed by atoms with Crippen LogP contribution in [0.5, 0.6) is 17.2 Å². The van der Waals surface area contributed by atoms with Gasteiger partial charge in [-0.25, -0.2) is 0 Å². The smallest absolute Gasteiger partial charge is 0.295 e. The molecule has 0 saturated carbocycles. The van der Waals surface area contributed by atoms with E-state index < -0.39 is 17.7 Å². The number of Topliss-reactive ketones (excluding diaryl/α,β-unsaturated/α-hetero) is 1. The van der Waals surface area contributed by atoms with Crippen LogP contribution in [0.15, 0.2) is 42.0 Å². The van der Waals surface area contributed by atoms with Crippen LogP contribution in [0.25, 0.3) is 5.76 Å². The van der Waals surface area contributed by atoms with Crippen LogP contribution in [0, 0.1) is 18.8 Å². The Labute approximate surface area is 251 Å². The quantitative estimate of drug-likeness (QED) is 0.152. The van der Waals surface area contributed by atoms with Crippen LogP contribution >= 0.6 is 0 Å². The molecule has 2 aromatic carbocycles. The maximum absolute atomic E-state index is 13.6. The summed E-state index contributed by atoms with van der Waals surface area (Å²) in [6.45, 7) is 18.2. The number of ether oxygens (including phenoxy) is 3. The van der Waals surface area contributed by atoms with Gasteiger partial charge < -0.3 is 29.1 Å². The van der Waals surface area contributed by atoms with Crippen molar-refractivity contribution in [3.05, 3.63) is 58.7 Å². The van der Waals surface area contributed by atoms with Gasteiger partial charge in [-0.15, -0.1) is 0 Å². The highest BCUT2D eigenvalue weighted by Gasteiger charge is 2.46. The van der Waals surface area contributed by atoms with Gasteiger partial charge in [-0.1, -0.05) is 47.6 Å². The van der Waals surface area contributed by atoms with Crippen molar-refractivity contribution >= 4 is 17.4 Å². The second kappa shape index (κ2) is 15.1. The van der Waals surface area contributed by atoms with Gasteiger partial charge in [0.05, 0.1) is 31.9 Å². The SMILES string of the molecule is CCN(CC)CCN1C(=O)C(=O)/C(=C(/O)c2ccc(OCC(C)C)c(C)c2)C1c1ccc(OCCC(C)C)c(OC)c1. The van der Waals surface area contributed by atoms with Crippen molar-refractivity contribution in [2.24, 2.45) is 11.8 Å². The first-order valence-electron chi connectivity index (χ1n) is 15.1. The third kappa shape index (κ3) is 7.85. The van der Waals surface area contributed by atoms with Crippen molar-refractivity contribution in [1.29, 1.82) is 0 Å². The Morgan fingerprint density at radius 3 is 2.24 bits per heavy atom. The highest BCUT2D eigenvalue weighted by Crippen LogP contribution is 2.42. The second-order valence-electron chi connectivity index (χ2n) is 11.6. The number of nitrogens with zero attached hydrogens (tertiary/aromatic N) is 2. The number of likely N-dealkylation sites (N-methyl/N-ethyl adjacent to an activating group) is 1. The van der Waals surface area contributed by atoms with Crippen molar-refractivity contribution in [3.8, 4) is 17.2 Å². The molecule has 1 saturated heterocycles. The van der Waals surface area contributed by atoms with E-state index in [0.717, 1.165) is 25.1 Å². The molecule has 1 fully saturated rings. The number of ketones is 1. The molecule has 1 aliphatic rings. The lowest BCUT2D eigenvalue weighted by Gasteiger charge is -2.28. The molecule has 0 radical (unpaired) electrons. The lowest BCUT2D eigenvalue weighted by molar-refractivity contribution is -0.140. The number of amides is 1. The number of hydrogen-bond donors (Lipinski definition) is 1. The van der Waals surface area contributed by atoms with Gasteiger partial charge in [0.25, 0.3) is 11.7 Å². The van der Waals surface area contributed by atoms with Crippen LogP contribution in [0.3, 0.4) is 0 Å². The maximum Gasteiger partial charge on any atom is 0.295 e. The summed E-state index contributed by atoms with van der Waals surface area (Å²) in [4.78, 5) is 30.8. The molecule has 1 amide bonds. The maximum atomic E-state index is 13.6. The van der Waals surface area contributed by atoms with Crippen molar-refractivity contribution in [2.75, 3.05) is 46.5 Å². The number of hydrogen-bond acceptors (Lipinski definition) is 7. The average molecular weight is 581 g/mol. The van der Waals surface area contributed by atoms with E-state index in [1.165, 1.54) is 0 Å². The van der Waals surface area contributed by atoms with E-state index >= 15 is 0 Å². The van der Waals surface area contributed by atoms with Gasteiger partial charge in [0, 0.05) is 18.7 Å². The fraction of sp³-hybridized carbons (Fsp3) is 0.529. The molecule has 1 heterocycles. The van der Waals surface area contributed by atoms with Crippen molar-refractivity contribution in [1.82, 2.24) is 9.80 Å². The number of methoxy groups -OCH3 is 1. The summed E-state index contributed by atoms with van der Waals surface area (Å²) in [5.74, 6) is 1.15. The van der Waals surface area contributed by atoms with E-state index in [2.05, 4.69) is 46.4 Å². The molecule has 1 aliphatic heterocycles. The van der Waals surface area contributed by atoms with Crippen LogP contribution in [0.1, 0.15) is 70.7 Å². The Kier molecular flexibility index (Phi) is 11.9. The largest absolute Gasteiger partial charge is 0.507 e. The van der Waals surface area contributed by atoms with Crippen molar-refractivity contribution < 1.29 is 28.9 Å². The van der Waals surface area contributed by atoms with Crippen molar-refractivity contribution in [3.63, 3.8) is 0 Å². The molecule has 1 N–H and O–H groups in total. The summed E-state index contributed by atoms with van der Waals surface area (Å²) in [5, 5.41) is 11.6. The van der Waals surface area contributed by atoms with E-state index in [1.54, 1.807) is 36.3 Å². The topological polar surface area (TPSA) is 88.5 Å². The number of rotatable bonds is 15. The lowest BCUT2D eigenvalue weighted by Crippen LogP contribution is -2.38. The minimum absolute atomic E-state index is 0.0605. The molecule has 2 aromatic rings. The molecular formula is C34H48N2O6. The van der Waals surface area contributed by atoms with Gasteiger partial charge in [0.2, 0.25) is 0 Å². The van der Waals surface area contributed by atoms with Crippen LogP contribution in [0.2, 0.25) is 0 Å². The van der Waals surface area contributed by atoms with E-state index in [-0.39, 0.29) is 11.3 Å². The summed E-state index contributed by atoms with van der Waals surface area (Å²) in [7, 11) is 1.57. The van der Waals surface area contributed by atoms with Crippen LogP contribution < -0.4 is 14.2 Å². The lowest BCUT2D eigenvalue weighted by atomic mass is 9.94. The molecule has 8 heteroatoms. The molecular weight excluding hydrogens is 532 g/mol. The summed E-state index contributed by atoms with van der Waals surface area (Å²) < 4.78 is 17.5. The number of aryl methyl sites for hydroxylation is 1. The molecule has 0 aliphatic carbocycles. The minimum Gasteiger partial charge on any atom is -0.507 e. The molecule has 0 aromatic heterocycles. The van der Waals surface area contributed by atoms with Gasteiger partial charge in [0.15, 0.2) is 11.5 Å². The van der Waals surface area contributed by atoms with Crippen LogP contribution in [-0.4, -0.2) is 73.1 Å². The zero-order chi connectivity index (χ0) is 31.0. The Bertz CT molecular complexity index is 1260. The Hall–Kier alpha value is -3.52. The second-order valence-corrected chi connectivity index (χ2v) is 11.6. The molecule has 230 valence electrons. The standard InChI is InChI=1S/C34H48N2O6/c1-9-35(10-2)16-17-36-31(25-11-14-28(29(20-25)40-8)41-18-15-22(3)4)30(33(38)34(36)39)32(37)26-12-13-27(24(7)19-26)42-21-23(5)6/h11-14,19-20,22-23,31,37H,9-10,15-18,21H2,1-8H3/b32-30+. The Morgan fingerprint density at radius 1 is 0.952 bits per heavy atom. The third-order valence-electron chi connectivity index (χ3n) is 7.57. The predicted octanol–water partition coefficient (Wildman–Crippen LogP) is 6.23. The molecule has 3 rings (SSSR count). The predicted molar refractivity (Wildman–Crippen MR) is 166 cm³/mol. The molecule has 42 heavy (non-hydrogen) atoms. The highest BCUT2D eigenvalue weighted by molar-refractivity contribution is 6.46. The first kappa shape index (κ1) is 33.0. The zero-order valence-electron chi connectivity index (χ0n) is 26.5. The average Bonchev–Trinajstić information content (AvgIpc) is 3.21. The molecule has 1 unspecified atom stereocenters. The van der Waals surface area contributed by atoms with Gasteiger partial charge in [0.1, 0.15) is 11.5 Å². The molecule has 1 atom stereocenters. The fourth-order valence-corrected chi connectivity index (χ4v) is 4.99. The molecule has 0 spiro atoms. The number of aliphatic hydroxyl groups excluding tert-OH is 1. The summed E-state index contributed by atoms with van der Waals surface area (Å²) in [6.07, 6.45) is 0.900. The third-order valence-corrected chi connectivity index (χ3v) is 7.57. The fourth-order valence-electron chi connectivity index (χ4n) is 4.99. The summed E-state index contributed by atoms with van der Waals surface area (Å²) in [5.41, 5.74) is 2.01. The Morgan fingerprint density at radius 2 is 1.64 bits per heavy atom. The van der Waals surface area contributed by atoms with Crippen LogP contribution in [0.4, 0.5) is 0 Å². The van der Waals surface area contributed by atoms with Gasteiger partial charge in [-0.05, 0) is 79.7 Å². The number of carbonyl (C=O) groups is 2. The normalized spacial score (nSPS) is 16.6. The first-order chi connectivity index (χ1) is 20.0. The van der Waals surface area contributed by atoms with Gasteiger partial charge >= 0.3 is 0 Å². The van der Waals surface area contributed by atoms with E-state index in [1.807, 2.05) is 19.1 Å². The monoisotopic (exact) mass is 580 g/mol. The van der Waals surface area contributed by atoms with Crippen LogP contribution in [-0.2, 0) is 9.59 Å². The van der Waals surface area contributed by atoms with Gasteiger partial charge in [-0.2, -0.15) is 0 Å². The number of likely N-dealkylation sites (tertiary alicyclic amines) is 1. The van der Waals surface area contributed by atoms with Gasteiger partial charge in [-0.3, -0.25) is 9.59 Å². The highest BCUT2D eigenvalue weighted by atomic mass is 16.5. The summed E-state index contributed by atoms with van der Waals surface area (Å²) >= 11 is 0. The molecule has 0 bridgehead atoms. The number of aliphatic hydroxyl groups is 1. The van der Waals surface area contributed by atoms with E-state index in [4.69, 9.17) is 14.2 Å². The number of benzene rings is 2. The Balaban J connectivity index is 2.08. The minimum atomic E-state index is -0.781.